The zero-order valence-corrected chi connectivity index (χ0v) is 14.6. The number of unbranched alkanes of at least 4 members (excludes halogenated alkanes) is 1. The normalized spacial score (nSPS) is 12.2. The molecule has 24 heavy (non-hydrogen) atoms. The minimum absolute atomic E-state index is 0.435. The van der Waals surface area contributed by atoms with Crippen LogP contribution >= 0.6 is 0 Å². The topological polar surface area (TPSA) is 103 Å². The van der Waals surface area contributed by atoms with Crippen molar-refractivity contribution in [1.29, 1.82) is 0 Å². The maximum atomic E-state index is 11.1. The van der Waals surface area contributed by atoms with E-state index < -0.39 is 10.0 Å². The lowest BCUT2D eigenvalue weighted by Gasteiger charge is -2.09. The highest BCUT2D eigenvalue weighted by atomic mass is 32.2. The van der Waals surface area contributed by atoms with Gasteiger partial charge in [-0.15, -0.1) is 0 Å². The smallest absolute Gasteiger partial charge is 0.208 e. The highest BCUT2D eigenvalue weighted by Gasteiger charge is 2.14. The lowest BCUT2D eigenvalue weighted by molar-refractivity contribution is 0.571. The molecule has 0 unspecified atom stereocenters. The van der Waals surface area contributed by atoms with Gasteiger partial charge < -0.3 is 10.3 Å². The fraction of sp³-hybridized carbons (Fsp3) is 0.375. The summed E-state index contributed by atoms with van der Waals surface area (Å²) >= 11 is 0. The second kappa shape index (κ2) is 6.37. The van der Waals surface area contributed by atoms with E-state index in [0.29, 0.717) is 12.4 Å². The van der Waals surface area contributed by atoms with Gasteiger partial charge >= 0.3 is 0 Å². The number of nitrogens with one attached hydrogen (secondary N) is 1. The van der Waals surface area contributed by atoms with Crippen molar-refractivity contribution in [1.82, 2.24) is 19.3 Å². The van der Waals surface area contributed by atoms with Crippen molar-refractivity contribution in [2.45, 2.75) is 26.3 Å². The fourth-order valence-corrected chi connectivity index (χ4v) is 3.41. The predicted molar refractivity (Wildman–Crippen MR) is 96.3 cm³/mol. The van der Waals surface area contributed by atoms with Crippen molar-refractivity contribution < 1.29 is 8.42 Å². The molecule has 3 rings (SSSR count). The average Bonchev–Trinajstić information content (AvgIpc) is 2.84. The summed E-state index contributed by atoms with van der Waals surface area (Å²) < 4.78 is 26.8. The fourth-order valence-electron chi connectivity index (χ4n) is 2.90. The molecule has 0 fully saturated rings. The number of nitrogens with two attached hydrogens (primary N) is 1. The maximum absolute atomic E-state index is 11.1. The molecule has 0 saturated carbocycles. The number of benzene rings is 1. The van der Waals surface area contributed by atoms with Gasteiger partial charge in [0, 0.05) is 18.5 Å². The van der Waals surface area contributed by atoms with Gasteiger partial charge in [-0.2, -0.15) is 0 Å². The van der Waals surface area contributed by atoms with Crippen molar-refractivity contribution >= 4 is 37.8 Å². The van der Waals surface area contributed by atoms with Crippen LogP contribution in [-0.4, -0.2) is 35.8 Å². The third-order valence-corrected chi connectivity index (χ3v) is 4.70. The number of nitrogens with zero attached hydrogens (tertiary/aromatic N) is 3. The minimum atomic E-state index is -3.13. The number of aromatic nitrogens is 3. The van der Waals surface area contributed by atoms with Crippen molar-refractivity contribution in [3.8, 4) is 0 Å². The zero-order chi connectivity index (χ0) is 17.3. The molecule has 8 heteroatoms. The molecule has 1 aromatic carbocycles. The quantitative estimate of drug-likeness (QED) is 0.662. The van der Waals surface area contributed by atoms with Crippen LogP contribution in [0.3, 0.4) is 0 Å². The third kappa shape index (κ3) is 3.34. The van der Waals surface area contributed by atoms with Gasteiger partial charge in [-0.05, 0) is 25.8 Å². The number of fused-ring (bicyclic) bond motifs is 3. The molecule has 0 spiro atoms. The van der Waals surface area contributed by atoms with Crippen LogP contribution in [0, 0.1) is 6.92 Å². The Morgan fingerprint density at radius 3 is 2.71 bits per heavy atom. The first kappa shape index (κ1) is 16.7. The van der Waals surface area contributed by atoms with Gasteiger partial charge in [0.05, 0.1) is 17.3 Å². The summed E-state index contributed by atoms with van der Waals surface area (Å²) in [5.74, 6) is 1.32. The molecule has 0 aliphatic heterocycles. The molecule has 7 nitrogen and oxygen atoms in total. The van der Waals surface area contributed by atoms with Crippen molar-refractivity contribution in [3.63, 3.8) is 0 Å². The first-order valence-electron chi connectivity index (χ1n) is 7.82. The van der Waals surface area contributed by atoms with E-state index in [-0.39, 0.29) is 0 Å². The lowest BCUT2D eigenvalue weighted by Crippen LogP contribution is -2.23. The zero-order valence-electron chi connectivity index (χ0n) is 13.8. The largest absolute Gasteiger partial charge is 0.382 e. The Kier molecular flexibility index (Phi) is 4.42. The molecular formula is C16H21N5O2S. The summed E-state index contributed by atoms with van der Waals surface area (Å²) in [6.45, 7) is 3.14. The molecule has 0 aliphatic rings. The molecule has 0 atom stereocenters. The predicted octanol–water partition coefficient (Wildman–Crippen LogP) is 1.80. The molecule has 3 aromatic rings. The summed E-state index contributed by atoms with van der Waals surface area (Å²) in [6, 6.07) is 7.87. The number of aryl methyl sites for hydroxylation is 2. The molecule has 0 aliphatic carbocycles. The Labute approximate surface area is 140 Å². The van der Waals surface area contributed by atoms with Gasteiger partial charge in [0.25, 0.3) is 0 Å². The SMILES string of the molecule is Cc1nc2c(N)nc3ccccc3c2n1CCCCNS(C)(=O)=O. The average molecular weight is 347 g/mol. The van der Waals surface area contributed by atoms with Crippen LogP contribution in [0.2, 0.25) is 0 Å². The van der Waals surface area contributed by atoms with Crippen LogP contribution in [0.4, 0.5) is 5.82 Å². The van der Waals surface area contributed by atoms with Crippen molar-refractivity contribution in [2.75, 3.05) is 18.5 Å². The lowest BCUT2D eigenvalue weighted by atomic mass is 10.2. The summed E-state index contributed by atoms with van der Waals surface area (Å²) in [5, 5.41) is 1.02. The Balaban J connectivity index is 1.89. The summed E-state index contributed by atoms with van der Waals surface area (Å²) in [7, 11) is -3.13. The first-order valence-corrected chi connectivity index (χ1v) is 9.71. The molecule has 128 valence electrons. The number of hydrogen-bond donors (Lipinski definition) is 2. The van der Waals surface area contributed by atoms with E-state index in [1.165, 1.54) is 6.26 Å². The Morgan fingerprint density at radius 2 is 1.96 bits per heavy atom. The number of rotatable bonds is 6. The van der Waals surface area contributed by atoms with E-state index in [2.05, 4.69) is 19.3 Å². The molecule has 0 bridgehead atoms. The molecule has 3 N–H and O–H groups in total. The number of imidazole rings is 1. The Morgan fingerprint density at radius 1 is 1.21 bits per heavy atom. The molecule has 2 heterocycles. The molecule has 2 aromatic heterocycles. The van der Waals surface area contributed by atoms with Gasteiger partial charge in [-0.1, -0.05) is 18.2 Å². The number of pyridine rings is 1. The monoisotopic (exact) mass is 347 g/mol. The second-order valence-corrected chi connectivity index (χ2v) is 7.73. The van der Waals surface area contributed by atoms with Gasteiger partial charge in [0.15, 0.2) is 5.82 Å². The van der Waals surface area contributed by atoms with Gasteiger partial charge in [-0.25, -0.2) is 23.1 Å². The molecule has 0 saturated heterocycles. The van der Waals surface area contributed by atoms with E-state index in [1.54, 1.807) is 0 Å². The standard InChI is InChI=1S/C16H21N5O2S/c1-11-19-14-15(12-7-3-4-8-13(12)20-16(14)17)21(11)10-6-5-9-18-24(2,22)23/h3-4,7-8,18H,5-6,9-10H2,1-2H3,(H2,17,20). The number of hydrogen-bond acceptors (Lipinski definition) is 5. The summed E-state index contributed by atoms with van der Waals surface area (Å²) in [6.07, 6.45) is 2.76. The number of para-hydroxylation sites is 1. The maximum Gasteiger partial charge on any atom is 0.208 e. The van der Waals surface area contributed by atoms with Gasteiger partial charge in [0.2, 0.25) is 10.0 Å². The highest BCUT2D eigenvalue weighted by molar-refractivity contribution is 7.88. The third-order valence-electron chi connectivity index (χ3n) is 3.97. The van der Waals surface area contributed by atoms with Gasteiger partial charge in [0.1, 0.15) is 11.3 Å². The second-order valence-electron chi connectivity index (χ2n) is 5.90. The van der Waals surface area contributed by atoms with E-state index in [1.807, 2.05) is 31.2 Å². The number of nitrogen functional groups attached to an aromatic ring is 1. The van der Waals surface area contributed by atoms with Crippen molar-refractivity contribution in [2.24, 2.45) is 0 Å². The van der Waals surface area contributed by atoms with E-state index >= 15 is 0 Å². The molecular weight excluding hydrogens is 326 g/mol. The van der Waals surface area contributed by atoms with Crippen LogP contribution in [0.25, 0.3) is 21.9 Å². The Bertz CT molecular complexity index is 995. The van der Waals surface area contributed by atoms with Crippen LogP contribution in [0.5, 0.6) is 0 Å². The van der Waals surface area contributed by atoms with Crippen LogP contribution in [-0.2, 0) is 16.6 Å². The minimum Gasteiger partial charge on any atom is -0.382 e. The summed E-state index contributed by atoms with van der Waals surface area (Å²) in [4.78, 5) is 8.99. The van der Waals surface area contributed by atoms with Crippen LogP contribution in [0.1, 0.15) is 18.7 Å². The van der Waals surface area contributed by atoms with Gasteiger partial charge in [-0.3, -0.25) is 0 Å². The highest BCUT2D eigenvalue weighted by Crippen LogP contribution is 2.28. The summed E-state index contributed by atoms with van der Waals surface area (Å²) in [5.41, 5.74) is 8.63. The van der Waals surface area contributed by atoms with Crippen LogP contribution in [0.15, 0.2) is 24.3 Å². The van der Waals surface area contributed by atoms with E-state index in [0.717, 1.165) is 47.1 Å². The number of sulfonamides is 1. The van der Waals surface area contributed by atoms with E-state index in [4.69, 9.17) is 5.73 Å². The van der Waals surface area contributed by atoms with E-state index in [9.17, 15) is 8.42 Å². The number of anilines is 1. The first-order chi connectivity index (χ1) is 11.4. The molecule has 0 radical (unpaired) electrons. The van der Waals surface area contributed by atoms with Crippen molar-refractivity contribution in [3.05, 3.63) is 30.1 Å². The molecule has 0 amide bonds. The Hall–Kier alpha value is -2.19. The van der Waals surface area contributed by atoms with Crippen LogP contribution < -0.4 is 10.5 Å².